The van der Waals surface area contributed by atoms with Crippen LogP contribution in [-0.2, 0) is 0 Å². The lowest BCUT2D eigenvalue weighted by atomic mass is 10.1. The van der Waals surface area contributed by atoms with Crippen molar-refractivity contribution < 1.29 is 14.2 Å². The molecule has 0 aliphatic heterocycles. The van der Waals surface area contributed by atoms with Crippen LogP contribution >= 0.6 is 0 Å². The molecule has 30 heavy (non-hydrogen) atoms. The minimum absolute atomic E-state index is 0.243. The van der Waals surface area contributed by atoms with E-state index in [-0.39, 0.29) is 5.56 Å². The van der Waals surface area contributed by atoms with Crippen LogP contribution < -0.4 is 19.8 Å². The van der Waals surface area contributed by atoms with Crippen molar-refractivity contribution in [1.82, 2.24) is 4.98 Å². The fourth-order valence-electron chi connectivity index (χ4n) is 3.33. The Balaban J connectivity index is 2.22. The molecule has 5 nitrogen and oxygen atoms in total. The Labute approximate surface area is 181 Å². The molecule has 0 fully saturated rings. The smallest absolute Gasteiger partial charge is 0.294 e. The SMILES string of the molecule is CCCCCCOc1c(OCCCCCC)c2ccc(OCCCC)cc2[nH]c1=O. The third-order valence-corrected chi connectivity index (χ3v) is 5.15. The van der Waals surface area contributed by atoms with Gasteiger partial charge in [-0.05, 0) is 31.4 Å². The standard InChI is InChI=1S/C25H39NO4/c1-4-7-10-12-17-29-23-21-15-14-20(28-16-9-6-3)19-22(21)26-25(27)24(23)30-18-13-11-8-5-2/h14-15,19H,4-13,16-18H2,1-3H3,(H,26,27). The summed E-state index contributed by atoms with van der Waals surface area (Å²) in [6.07, 6.45) is 10.9. The number of pyridine rings is 1. The highest BCUT2D eigenvalue weighted by Crippen LogP contribution is 2.34. The van der Waals surface area contributed by atoms with Gasteiger partial charge in [0.05, 0.1) is 25.3 Å². The molecule has 0 aliphatic carbocycles. The van der Waals surface area contributed by atoms with Gasteiger partial charge >= 0.3 is 0 Å². The monoisotopic (exact) mass is 417 g/mol. The number of aromatic amines is 1. The van der Waals surface area contributed by atoms with E-state index in [1.165, 1.54) is 25.7 Å². The Bertz CT molecular complexity index is 800. The van der Waals surface area contributed by atoms with E-state index in [0.717, 1.165) is 55.2 Å². The Kier molecular flexibility index (Phi) is 11.2. The zero-order valence-electron chi connectivity index (χ0n) is 19.1. The predicted molar refractivity (Wildman–Crippen MR) is 124 cm³/mol. The van der Waals surface area contributed by atoms with E-state index in [4.69, 9.17) is 14.2 Å². The van der Waals surface area contributed by atoms with Gasteiger partial charge in [0.2, 0.25) is 5.75 Å². The molecule has 0 atom stereocenters. The molecule has 0 unspecified atom stereocenters. The van der Waals surface area contributed by atoms with Crippen LogP contribution in [0.1, 0.15) is 85.0 Å². The number of fused-ring (bicyclic) bond motifs is 1. The van der Waals surface area contributed by atoms with Crippen LogP contribution in [0.25, 0.3) is 10.9 Å². The zero-order valence-corrected chi connectivity index (χ0v) is 19.1. The minimum Gasteiger partial charge on any atom is -0.494 e. The molecule has 2 rings (SSSR count). The normalized spacial score (nSPS) is 11.0. The van der Waals surface area contributed by atoms with E-state index in [2.05, 4.69) is 25.8 Å². The summed E-state index contributed by atoms with van der Waals surface area (Å²) in [6, 6.07) is 5.77. The van der Waals surface area contributed by atoms with Crippen LogP contribution in [0.4, 0.5) is 0 Å². The van der Waals surface area contributed by atoms with Crippen LogP contribution in [-0.4, -0.2) is 24.8 Å². The van der Waals surface area contributed by atoms with Crippen molar-refractivity contribution in [3.8, 4) is 17.2 Å². The molecular formula is C25H39NO4. The van der Waals surface area contributed by atoms with Crippen molar-refractivity contribution in [2.45, 2.75) is 85.0 Å². The molecule has 0 aliphatic rings. The third kappa shape index (κ3) is 7.58. The van der Waals surface area contributed by atoms with Crippen LogP contribution in [0.3, 0.4) is 0 Å². The summed E-state index contributed by atoms with van der Waals surface area (Å²) in [7, 11) is 0. The molecule has 1 N–H and O–H groups in total. The van der Waals surface area contributed by atoms with Gasteiger partial charge in [-0.15, -0.1) is 0 Å². The Hall–Kier alpha value is -2.17. The lowest BCUT2D eigenvalue weighted by molar-refractivity contribution is 0.258. The molecule has 0 amide bonds. The summed E-state index contributed by atoms with van der Waals surface area (Å²) < 4.78 is 17.8. The van der Waals surface area contributed by atoms with Gasteiger partial charge in [-0.1, -0.05) is 65.7 Å². The largest absolute Gasteiger partial charge is 0.494 e. The number of hydrogen-bond acceptors (Lipinski definition) is 4. The molecule has 168 valence electrons. The number of rotatable bonds is 16. The highest BCUT2D eigenvalue weighted by atomic mass is 16.5. The number of aromatic nitrogens is 1. The quantitative estimate of drug-likeness (QED) is 0.312. The lowest BCUT2D eigenvalue weighted by Gasteiger charge is -2.15. The first-order chi connectivity index (χ1) is 14.7. The molecule has 1 aromatic heterocycles. The molecule has 5 heteroatoms. The summed E-state index contributed by atoms with van der Waals surface area (Å²) >= 11 is 0. The minimum atomic E-state index is -0.243. The van der Waals surface area contributed by atoms with E-state index >= 15 is 0 Å². The molecule has 1 heterocycles. The maximum atomic E-state index is 12.8. The molecule has 0 saturated carbocycles. The second-order valence-corrected chi connectivity index (χ2v) is 7.84. The van der Waals surface area contributed by atoms with Gasteiger partial charge in [0, 0.05) is 11.5 Å². The van der Waals surface area contributed by atoms with Crippen molar-refractivity contribution in [2.24, 2.45) is 0 Å². The molecule has 0 spiro atoms. The Morgan fingerprint density at radius 2 is 1.30 bits per heavy atom. The number of nitrogens with one attached hydrogen (secondary N) is 1. The average molecular weight is 418 g/mol. The predicted octanol–water partition coefficient (Wildman–Crippen LogP) is 6.63. The van der Waals surface area contributed by atoms with Gasteiger partial charge in [-0.25, -0.2) is 0 Å². The van der Waals surface area contributed by atoms with E-state index in [9.17, 15) is 4.79 Å². The molecule has 2 aromatic rings. The fourth-order valence-corrected chi connectivity index (χ4v) is 3.33. The molecule has 0 bridgehead atoms. The first-order valence-corrected chi connectivity index (χ1v) is 11.8. The summed E-state index contributed by atoms with van der Waals surface area (Å²) in [6.45, 7) is 8.29. The Morgan fingerprint density at radius 3 is 1.93 bits per heavy atom. The van der Waals surface area contributed by atoms with Gasteiger partial charge in [0.15, 0.2) is 5.75 Å². The zero-order chi connectivity index (χ0) is 21.6. The van der Waals surface area contributed by atoms with Gasteiger partial charge in [0.1, 0.15) is 5.75 Å². The summed E-state index contributed by atoms with van der Waals surface area (Å²) in [5, 5.41) is 0.858. The number of H-pyrrole nitrogens is 1. The van der Waals surface area contributed by atoms with Gasteiger partial charge < -0.3 is 19.2 Å². The van der Waals surface area contributed by atoms with Crippen LogP contribution in [0.2, 0.25) is 0 Å². The second-order valence-electron chi connectivity index (χ2n) is 7.84. The highest BCUT2D eigenvalue weighted by molar-refractivity contribution is 5.88. The van der Waals surface area contributed by atoms with Crippen LogP contribution in [0.15, 0.2) is 23.0 Å². The third-order valence-electron chi connectivity index (χ3n) is 5.15. The summed E-state index contributed by atoms with van der Waals surface area (Å²) in [4.78, 5) is 15.7. The second kappa shape index (κ2) is 13.9. The van der Waals surface area contributed by atoms with E-state index < -0.39 is 0 Å². The number of hydrogen-bond donors (Lipinski definition) is 1. The first kappa shape index (κ1) is 24.1. The van der Waals surface area contributed by atoms with E-state index in [1.807, 2.05) is 18.2 Å². The van der Waals surface area contributed by atoms with E-state index in [0.29, 0.717) is 31.3 Å². The van der Waals surface area contributed by atoms with Gasteiger partial charge in [-0.2, -0.15) is 0 Å². The maximum Gasteiger partial charge on any atom is 0.294 e. The topological polar surface area (TPSA) is 60.6 Å². The van der Waals surface area contributed by atoms with Crippen molar-refractivity contribution in [2.75, 3.05) is 19.8 Å². The average Bonchev–Trinajstić information content (AvgIpc) is 2.74. The summed E-state index contributed by atoms with van der Waals surface area (Å²) in [5.41, 5.74) is 0.475. The van der Waals surface area contributed by atoms with Crippen LogP contribution in [0, 0.1) is 0 Å². The maximum absolute atomic E-state index is 12.8. The van der Waals surface area contributed by atoms with Crippen molar-refractivity contribution in [1.29, 1.82) is 0 Å². The lowest BCUT2D eigenvalue weighted by Crippen LogP contribution is -2.15. The molecular weight excluding hydrogens is 378 g/mol. The summed E-state index contributed by atoms with van der Waals surface area (Å²) in [5.74, 6) is 1.61. The highest BCUT2D eigenvalue weighted by Gasteiger charge is 2.16. The first-order valence-electron chi connectivity index (χ1n) is 11.8. The van der Waals surface area contributed by atoms with Crippen LogP contribution in [0.5, 0.6) is 17.2 Å². The number of unbranched alkanes of at least 4 members (excludes halogenated alkanes) is 7. The van der Waals surface area contributed by atoms with E-state index in [1.54, 1.807) is 0 Å². The number of ether oxygens (including phenoxy) is 3. The van der Waals surface area contributed by atoms with Crippen molar-refractivity contribution in [3.05, 3.63) is 28.6 Å². The number of benzene rings is 1. The Morgan fingerprint density at radius 1 is 0.700 bits per heavy atom. The van der Waals surface area contributed by atoms with Crippen molar-refractivity contribution in [3.63, 3.8) is 0 Å². The molecule has 0 saturated heterocycles. The molecule has 0 radical (unpaired) electrons. The van der Waals surface area contributed by atoms with Crippen molar-refractivity contribution >= 4 is 10.9 Å². The van der Waals surface area contributed by atoms with Gasteiger partial charge in [0.25, 0.3) is 5.56 Å². The fraction of sp³-hybridized carbons (Fsp3) is 0.640. The molecule has 1 aromatic carbocycles. The van der Waals surface area contributed by atoms with Gasteiger partial charge in [-0.3, -0.25) is 4.79 Å².